The van der Waals surface area contributed by atoms with Crippen LogP contribution in [0.4, 0.5) is 0 Å². The van der Waals surface area contributed by atoms with Crippen LogP contribution in [0.25, 0.3) is 0 Å². The van der Waals surface area contributed by atoms with Crippen molar-refractivity contribution in [3.05, 3.63) is 71.8 Å². The molecule has 0 heterocycles. The summed E-state index contributed by atoms with van der Waals surface area (Å²) in [6.07, 6.45) is 2.50. The van der Waals surface area contributed by atoms with E-state index in [4.69, 9.17) is 0 Å². The molecule has 0 aliphatic rings. The van der Waals surface area contributed by atoms with Crippen molar-refractivity contribution in [2.24, 2.45) is 0 Å². The number of hydrogen-bond acceptors (Lipinski definition) is 4. The lowest BCUT2D eigenvalue weighted by molar-refractivity contribution is -0.111. The number of sulfonamides is 1. The Balaban J connectivity index is 1.83. The van der Waals surface area contributed by atoms with Crippen LogP contribution >= 0.6 is 11.8 Å². The minimum atomic E-state index is -3.51. The predicted octanol–water partition coefficient (Wildman–Crippen LogP) is 4.12. The van der Waals surface area contributed by atoms with Crippen molar-refractivity contribution < 1.29 is 13.2 Å². The fraction of sp³-hybridized carbons (Fsp3) is 0.381. The summed E-state index contributed by atoms with van der Waals surface area (Å²) in [5.41, 5.74) is 1.99. The minimum Gasteiger partial charge on any atom is -0.286 e. The third-order valence-corrected chi connectivity index (χ3v) is 6.82. The van der Waals surface area contributed by atoms with Crippen molar-refractivity contribution in [3.63, 3.8) is 0 Å². The predicted molar refractivity (Wildman–Crippen MR) is 113 cm³/mol. The monoisotopic (exact) mass is 405 g/mol. The number of hydrogen-bond donors (Lipinski definition) is 0. The second-order valence-electron chi connectivity index (χ2n) is 6.38. The number of carbonyl (C=O) groups is 1. The summed E-state index contributed by atoms with van der Waals surface area (Å²) in [5.74, 6) is 0.631. The Morgan fingerprint density at radius 2 is 1.56 bits per heavy atom. The quantitative estimate of drug-likeness (QED) is 0.528. The molecule has 0 amide bonds. The van der Waals surface area contributed by atoms with E-state index >= 15 is 0 Å². The highest BCUT2D eigenvalue weighted by atomic mass is 32.2. The molecule has 27 heavy (non-hydrogen) atoms. The van der Waals surface area contributed by atoms with Gasteiger partial charge in [0.15, 0.2) is 0 Å². The lowest BCUT2D eigenvalue weighted by Crippen LogP contribution is -2.36. The van der Waals surface area contributed by atoms with E-state index in [0.29, 0.717) is 18.7 Å². The molecule has 2 aromatic rings. The van der Waals surface area contributed by atoms with Crippen LogP contribution in [-0.2, 0) is 27.0 Å². The van der Waals surface area contributed by atoms with Crippen LogP contribution in [0.1, 0.15) is 30.9 Å². The summed E-state index contributed by atoms with van der Waals surface area (Å²) in [6.45, 7) is 2.23. The Hall–Kier alpha value is -1.63. The first-order valence-corrected chi connectivity index (χ1v) is 11.8. The van der Waals surface area contributed by atoms with Gasteiger partial charge in [-0.05, 0) is 30.4 Å². The lowest BCUT2D eigenvalue weighted by Gasteiger charge is -2.20. The van der Waals surface area contributed by atoms with E-state index in [-0.39, 0.29) is 17.4 Å². The molecule has 0 saturated heterocycles. The van der Waals surface area contributed by atoms with Gasteiger partial charge in [-0.2, -0.15) is 4.31 Å². The second kappa shape index (κ2) is 11.3. The average Bonchev–Trinajstić information content (AvgIpc) is 2.66. The molecule has 0 atom stereocenters. The SMILES string of the molecule is CCCN(CC(=O)SCCCc1ccccc1)S(=O)(=O)Cc1ccccc1. The van der Waals surface area contributed by atoms with Crippen LogP contribution < -0.4 is 0 Å². The molecule has 0 saturated carbocycles. The van der Waals surface area contributed by atoms with Crippen LogP contribution in [0.2, 0.25) is 0 Å². The maximum atomic E-state index is 12.7. The van der Waals surface area contributed by atoms with E-state index in [2.05, 4.69) is 12.1 Å². The number of carbonyl (C=O) groups excluding carboxylic acids is 1. The smallest absolute Gasteiger partial charge is 0.218 e. The molecule has 0 radical (unpaired) electrons. The molecule has 0 unspecified atom stereocenters. The van der Waals surface area contributed by atoms with Crippen molar-refractivity contribution in [2.75, 3.05) is 18.8 Å². The molecule has 4 nitrogen and oxygen atoms in total. The van der Waals surface area contributed by atoms with Gasteiger partial charge < -0.3 is 0 Å². The largest absolute Gasteiger partial charge is 0.286 e. The standard InChI is InChI=1S/C21H27NO3S2/c1-2-15-22(27(24,25)18-20-12-7-4-8-13-20)17-21(23)26-16-9-14-19-10-5-3-6-11-19/h3-8,10-13H,2,9,14-18H2,1H3. The molecule has 0 N–H and O–H groups in total. The minimum absolute atomic E-state index is 0.0565. The van der Waals surface area contributed by atoms with E-state index in [1.54, 1.807) is 12.1 Å². The summed E-state index contributed by atoms with van der Waals surface area (Å²) in [6, 6.07) is 19.2. The molecule has 0 spiro atoms. The first kappa shape index (κ1) is 21.7. The normalized spacial score (nSPS) is 11.6. The molecule has 0 aliphatic carbocycles. The first-order chi connectivity index (χ1) is 13.0. The molecule has 6 heteroatoms. The van der Waals surface area contributed by atoms with Gasteiger partial charge in [0.05, 0.1) is 12.3 Å². The van der Waals surface area contributed by atoms with E-state index in [0.717, 1.165) is 18.4 Å². The molecule has 146 valence electrons. The van der Waals surface area contributed by atoms with Gasteiger partial charge in [-0.1, -0.05) is 79.3 Å². The van der Waals surface area contributed by atoms with Gasteiger partial charge in [0, 0.05) is 12.3 Å². The van der Waals surface area contributed by atoms with Crippen LogP contribution in [0.3, 0.4) is 0 Å². The first-order valence-electron chi connectivity index (χ1n) is 9.22. The number of benzene rings is 2. The Morgan fingerprint density at radius 1 is 0.963 bits per heavy atom. The Bertz CT molecular complexity index is 793. The molecule has 0 fully saturated rings. The Labute approximate surface area is 167 Å². The highest BCUT2D eigenvalue weighted by Crippen LogP contribution is 2.15. The van der Waals surface area contributed by atoms with Crippen LogP contribution in [-0.4, -0.2) is 36.7 Å². The molecule has 2 rings (SSSR count). The highest BCUT2D eigenvalue weighted by molar-refractivity contribution is 8.13. The number of rotatable bonds is 11. The van der Waals surface area contributed by atoms with Gasteiger partial charge >= 0.3 is 0 Å². The van der Waals surface area contributed by atoms with Crippen molar-refractivity contribution in [3.8, 4) is 0 Å². The van der Waals surface area contributed by atoms with Crippen molar-refractivity contribution in [2.45, 2.75) is 31.9 Å². The van der Waals surface area contributed by atoms with Crippen molar-refractivity contribution >= 4 is 26.9 Å². The zero-order valence-corrected chi connectivity index (χ0v) is 17.3. The van der Waals surface area contributed by atoms with Gasteiger partial charge in [-0.25, -0.2) is 8.42 Å². The Morgan fingerprint density at radius 3 is 2.15 bits per heavy atom. The van der Waals surface area contributed by atoms with Crippen molar-refractivity contribution in [1.82, 2.24) is 4.31 Å². The summed E-state index contributed by atoms with van der Waals surface area (Å²) in [4.78, 5) is 12.3. The van der Waals surface area contributed by atoms with Gasteiger partial charge in [-0.15, -0.1) is 0 Å². The summed E-state index contributed by atoms with van der Waals surface area (Å²) in [5, 5.41) is -0.0897. The average molecular weight is 406 g/mol. The molecular weight excluding hydrogens is 378 g/mol. The molecule has 0 bridgehead atoms. The fourth-order valence-electron chi connectivity index (χ4n) is 2.74. The van der Waals surface area contributed by atoms with Gasteiger partial charge in [0.25, 0.3) is 0 Å². The van der Waals surface area contributed by atoms with Crippen LogP contribution in [0.5, 0.6) is 0 Å². The van der Waals surface area contributed by atoms with Gasteiger partial charge in [0.2, 0.25) is 15.1 Å². The number of nitrogens with zero attached hydrogens (tertiary/aromatic N) is 1. The molecule has 2 aromatic carbocycles. The highest BCUT2D eigenvalue weighted by Gasteiger charge is 2.24. The Kier molecular flexibility index (Phi) is 9.04. The van der Waals surface area contributed by atoms with Crippen LogP contribution in [0.15, 0.2) is 60.7 Å². The summed E-state index contributed by atoms with van der Waals surface area (Å²) in [7, 11) is -3.51. The third-order valence-electron chi connectivity index (χ3n) is 4.08. The van der Waals surface area contributed by atoms with Crippen molar-refractivity contribution in [1.29, 1.82) is 0 Å². The number of aryl methyl sites for hydroxylation is 1. The second-order valence-corrected chi connectivity index (χ2v) is 9.51. The maximum absolute atomic E-state index is 12.7. The van der Waals surface area contributed by atoms with E-state index < -0.39 is 10.0 Å². The van der Waals surface area contributed by atoms with E-state index in [1.165, 1.54) is 21.6 Å². The van der Waals surface area contributed by atoms with Gasteiger partial charge in [0.1, 0.15) is 0 Å². The topological polar surface area (TPSA) is 54.5 Å². The molecule has 0 aliphatic heterocycles. The lowest BCUT2D eigenvalue weighted by atomic mass is 10.1. The number of thioether (sulfide) groups is 1. The zero-order chi connectivity index (χ0) is 19.5. The summed E-state index contributed by atoms with van der Waals surface area (Å²) >= 11 is 1.23. The molecular formula is C21H27NO3S2. The third kappa shape index (κ3) is 7.87. The van der Waals surface area contributed by atoms with Crippen LogP contribution in [0, 0.1) is 0 Å². The maximum Gasteiger partial charge on any atom is 0.218 e. The van der Waals surface area contributed by atoms with E-state index in [9.17, 15) is 13.2 Å². The molecule has 0 aromatic heterocycles. The zero-order valence-electron chi connectivity index (χ0n) is 15.7. The van der Waals surface area contributed by atoms with Gasteiger partial charge in [-0.3, -0.25) is 4.79 Å². The van der Waals surface area contributed by atoms with E-state index in [1.807, 2.05) is 43.3 Å². The fourth-order valence-corrected chi connectivity index (χ4v) is 5.15. The summed E-state index contributed by atoms with van der Waals surface area (Å²) < 4.78 is 26.7.